The van der Waals surface area contributed by atoms with E-state index in [-0.39, 0.29) is 6.04 Å². The molecule has 0 N–H and O–H groups in total. The number of fused-ring (bicyclic) bond motifs is 1. The Morgan fingerprint density at radius 3 is 2.76 bits per heavy atom. The smallest absolute Gasteiger partial charge is 0.244 e. The summed E-state index contributed by atoms with van der Waals surface area (Å²) in [5.74, 6) is 0. The molecule has 0 unspecified atom stereocenters. The molecule has 6 heteroatoms. The van der Waals surface area contributed by atoms with Crippen LogP contribution in [0.3, 0.4) is 0 Å². The molecule has 0 radical (unpaired) electrons. The van der Waals surface area contributed by atoms with E-state index in [0.717, 1.165) is 15.7 Å². The zero-order chi connectivity index (χ0) is 15.2. The third-order valence-electron chi connectivity index (χ3n) is 4.02. The Bertz CT molecular complexity index is 783. The van der Waals surface area contributed by atoms with Crippen molar-refractivity contribution in [3.8, 4) is 0 Å². The molecule has 0 fully saturated rings. The van der Waals surface area contributed by atoms with Gasteiger partial charge < -0.3 is 4.57 Å². The first kappa shape index (κ1) is 14.8. The number of benzene rings is 1. The number of hydrogen-bond acceptors (Lipinski definition) is 2. The lowest BCUT2D eigenvalue weighted by Crippen LogP contribution is -2.40. The molecule has 1 atom stereocenters. The van der Waals surface area contributed by atoms with Gasteiger partial charge in [-0.3, -0.25) is 0 Å². The summed E-state index contributed by atoms with van der Waals surface area (Å²) in [7, 11) is -3.49. The molecule has 0 saturated heterocycles. The van der Waals surface area contributed by atoms with Gasteiger partial charge in [0, 0.05) is 29.5 Å². The summed E-state index contributed by atoms with van der Waals surface area (Å²) >= 11 is 3.36. The fourth-order valence-electron chi connectivity index (χ4n) is 2.86. The maximum atomic E-state index is 13.0. The van der Waals surface area contributed by atoms with Crippen LogP contribution in [0, 0.1) is 6.92 Å². The van der Waals surface area contributed by atoms with Crippen LogP contribution in [0.25, 0.3) is 0 Å². The minimum atomic E-state index is -3.49. The van der Waals surface area contributed by atoms with E-state index in [1.807, 2.05) is 44.3 Å². The van der Waals surface area contributed by atoms with Crippen molar-refractivity contribution in [1.29, 1.82) is 0 Å². The minimum Gasteiger partial charge on any atom is -0.349 e. The van der Waals surface area contributed by atoms with Crippen LogP contribution in [0.4, 0.5) is 0 Å². The number of nitrogens with zero attached hydrogens (tertiary/aromatic N) is 2. The van der Waals surface area contributed by atoms with Crippen molar-refractivity contribution >= 4 is 26.0 Å². The maximum Gasteiger partial charge on any atom is 0.244 e. The van der Waals surface area contributed by atoms with Gasteiger partial charge in [0.15, 0.2) is 0 Å². The summed E-state index contributed by atoms with van der Waals surface area (Å²) in [5, 5.41) is 0. The molecule has 1 aromatic heterocycles. The monoisotopic (exact) mass is 368 g/mol. The minimum absolute atomic E-state index is 0.155. The van der Waals surface area contributed by atoms with E-state index in [2.05, 4.69) is 20.5 Å². The lowest BCUT2D eigenvalue weighted by molar-refractivity contribution is 0.282. The molecule has 0 saturated carbocycles. The number of hydrogen-bond donors (Lipinski definition) is 0. The van der Waals surface area contributed by atoms with Gasteiger partial charge in [0.25, 0.3) is 0 Å². The van der Waals surface area contributed by atoms with Gasteiger partial charge >= 0.3 is 0 Å². The fourth-order valence-corrected chi connectivity index (χ4v) is 5.23. The van der Waals surface area contributed by atoms with Gasteiger partial charge in [0.2, 0.25) is 10.0 Å². The third-order valence-corrected chi connectivity index (χ3v) is 6.63. The van der Waals surface area contributed by atoms with Crippen LogP contribution in [-0.4, -0.2) is 23.8 Å². The van der Waals surface area contributed by atoms with Crippen molar-refractivity contribution in [2.75, 3.05) is 6.54 Å². The standard InChI is InChI=1S/C15H17BrN2O2S/c1-11-5-6-13(16)10-15(11)21(19,20)18-9-8-17-7-3-4-14(17)12(18)2/h3-7,10,12H,8-9H2,1-2H3/t12-/m0/s1. The van der Waals surface area contributed by atoms with E-state index in [0.29, 0.717) is 18.0 Å². The Morgan fingerprint density at radius 2 is 2.00 bits per heavy atom. The summed E-state index contributed by atoms with van der Waals surface area (Å²) in [5.41, 5.74) is 1.81. The van der Waals surface area contributed by atoms with Gasteiger partial charge in [-0.15, -0.1) is 0 Å². The summed E-state index contributed by atoms with van der Waals surface area (Å²) < 4.78 is 30.5. The van der Waals surface area contributed by atoms with Crippen LogP contribution in [0.1, 0.15) is 24.2 Å². The van der Waals surface area contributed by atoms with Gasteiger partial charge in [0.1, 0.15) is 0 Å². The molecule has 1 aromatic carbocycles. The van der Waals surface area contributed by atoms with Gasteiger partial charge in [-0.05, 0) is 43.7 Å². The Labute approximate surface area is 133 Å². The van der Waals surface area contributed by atoms with Crippen LogP contribution in [0.5, 0.6) is 0 Å². The highest BCUT2D eigenvalue weighted by Crippen LogP contribution is 2.32. The number of aromatic nitrogens is 1. The Kier molecular flexibility index (Phi) is 3.71. The number of halogens is 1. The van der Waals surface area contributed by atoms with Gasteiger partial charge in [-0.1, -0.05) is 22.0 Å². The number of rotatable bonds is 2. The topological polar surface area (TPSA) is 42.3 Å². The molecular formula is C15H17BrN2O2S. The summed E-state index contributed by atoms with van der Waals surface area (Å²) in [6, 6.07) is 9.17. The molecule has 2 aromatic rings. The highest BCUT2D eigenvalue weighted by Gasteiger charge is 2.34. The van der Waals surface area contributed by atoms with Crippen LogP contribution in [0.15, 0.2) is 45.9 Å². The maximum absolute atomic E-state index is 13.0. The molecule has 21 heavy (non-hydrogen) atoms. The van der Waals surface area contributed by atoms with Gasteiger partial charge in [-0.25, -0.2) is 8.42 Å². The molecule has 0 spiro atoms. The molecule has 1 aliphatic heterocycles. The molecule has 0 aliphatic carbocycles. The van der Waals surface area contributed by atoms with Crippen molar-refractivity contribution in [3.63, 3.8) is 0 Å². The highest BCUT2D eigenvalue weighted by molar-refractivity contribution is 9.10. The first-order chi connectivity index (χ1) is 9.91. The summed E-state index contributed by atoms with van der Waals surface area (Å²) in [6.45, 7) is 4.96. The number of aryl methyl sites for hydroxylation is 1. The Balaban J connectivity index is 2.05. The highest BCUT2D eigenvalue weighted by atomic mass is 79.9. The lowest BCUT2D eigenvalue weighted by atomic mass is 10.2. The van der Waals surface area contributed by atoms with E-state index in [4.69, 9.17) is 0 Å². The van der Waals surface area contributed by atoms with E-state index in [9.17, 15) is 8.42 Å². The predicted molar refractivity (Wildman–Crippen MR) is 85.6 cm³/mol. The zero-order valence-corrected chi connectivity index (χ0v) is 14.4. The van der Waals surface area contributed by atoms with Crippen LogP contribution < -0.4 is 0 Å². The van der Waals surface area contributed by atoms with Crippen LogP contribution in [-0.2, 0) is 16.6 Å². The van der Waals surface area contributed by atoms with Crippen molar-refractivity contribution in [1.82, 2.24) is 8.87 Å². The second kappa shape index (κ2) is 5.26. The van der Waals surface area contributed by atoms with Crippen molar-refractivity contribution < 1.29 is 8.42 Å². The zero-order valence-electron chi connectivity index (χ0n) is 12.0. The normalized spacial score (nSPS) is 19.5. The molecular weight excluding hydrogens is 352 g/mol. The van der Waals surface area contributed by atoms with E-state index in [1.165, 1.54) is 0 Å². The van der Waals surface area contributed by atoms with E-state index >= 15 is 0 Å². The second-order valence-electron chi connectivity index (χ2n) is 5.33. The molecule has 3 rings (SSSR count). The summed E-state index contributed by atoms with van der Waals surface area (Å²) in [6.07, 6.45) is 2.00. The molecule has 0 amide bonds. The first-order valence-electron chi connectivity index (χ1n) is 6.84. The Hall–Kier alpha value is -1.11. The van der Waals surface area contributed by atoms with Gasteiger partial charge in [-0.2, -0.15) is 4.31 Å². The molecule has 4 nitrogen and oxygen atoms in total. The molecule has 112 valence electrons. The van der Waals surface area contributed by atoms with Crippen LogP contribution in [0.2, 0.25) is 0 Å². The molecule has 2 heterocycles. The Morgan fingerprint density at radius 1 is 1.24 bits per heavy atom. The second-order valence-corrected chi connectivity index (χ2v) is 8.10. The van der Waals surface area contributed by atoms with Crippen LogP contribution >= 0.6 is 15.9 Å². The SMILES string of the molecule is Cc1ccc(Br)cc1S(=O)(=O)N1CCn2cccc2[C@@H]1C. The average Bonchev–Trinajstić information content (AvgIpc) is 2.91. The van der Waals surface area contributed by atoms with Crippen molar-refractivity contribution in [2.24, 2.45) is 0 Å². The van der Waals surface area contributed by atoms with Crippen molar-refractivity contribution in [3.05, 3.63) is 52.3 Å². The van der Waals surface area contributed by atoms with Crippen molar-refractivity contribution in [2.45, 2.75) is 31.3 Å². The van der Waals surface area contributed by atoms with E-state index < -0.39 is 10.0 Å². The molecule has 0 bridgehead atoms. The lowest BCUT2D eigenvalue weighted by Gasteiger charge is -2.34. The molecule has 1 aliphatic rings. The summed E-state index contributed by atoms with van der Waals surface area (Å²) in [4.78, 5) is 0.378. The first-order valence-corrected chi connectivity index (χ1v) is 9.07. The fraction of sp³-hybridized carbons (Fsp3) is 0.333. The van der Waals surface area contributed by atoms with E-state index in [1.54, 1.807) is 10.4 Å². The number of sulfonamides is 1. The largest absolute Gasteiger partial charge is 0.349 e. The average molecular weight is 369 g/mol. The van der Waals surface area contributed by atoms with Gasteiger partial charge in [0.05, 0.1) is 10.9 Å². The predicted octanol–water partition coefficient (Wildman–Crippen LogP) is 3.32. The quantitative estimate of drug-likeness (QED) is 0.815. The third kappa shape index (κ3) is 2.45.